The lowest BCUT2D eigenvalue weighted by molar-refractivity contribution is -0.0126. The molecule has 1 aliphatic rings. The predicted octanol–water partition coefficient (Wildman–Crippen LogP) is 0.981. The first-order chi connectivity index (χ1) is 12.3. The topological polar surface area (TPSA) is 84.8 Å². The summed E-state index contributed by atoms with van der Waals surface area (Å²) < 4.78 is 37.4. The quantitative estimate of drug-likeness (QED) is 0.413. The third-order valence-corrected chi connectivity index (χ3v) is 3.51. The number of aliphatic hydroxyl groups excluding tert-OH is 1. The Labute approximate surface area is 147 Å². The van der Waals surface area contributed by atoms with Crippen LogP contribution in [0, 0.1) is 0 Å². The van der Waals surface area contributed by atoms with Crippen molar-refractivity contribution in [1.82, 2.24) is 0 Å². The first-order valence-corrected chi connectivity index (χ1v) is 8.11. The van der Waals surface area contributed by atoms with E-state index in [1.807, 2.05) is 6.07 Å². The number of hydrogen-bond donors (Lipinski definition) is 1. The van der Waals surface area contributed by atoms with E-state index < -0.39 is 0 Å². The molecule has 0 aromatic heterocycles. The average Bonchev–Trinajstić information content (AvgIpc) is 3.04. The Morgan fingerprint density at radius 3 is 2.32 bits per heavy atom. The van der Waals surface area contributed by atoms with E-state index in [-0.39, 0.29) is 26.3 Å². The van der Waals surface area contributed by atoms with Crippen molar-refractivity contribution in [3.8, 4) is 17.2 Å². The summed E-state index contributed by atoms with van der Waals surface area (Å²) in [5, 5.41) is 9.33. The van der Waals surface area contributed by atoms with Crippen LogP contribution in [-0.4, -0.2) is 72.1 Å². The van der Waals surface area contributed by atoms with Crippen LogP contribution in [0.1, 0.15) is 5.56 Å². The van der Waals surface area contributed by atoms with Crippen molar-refractivity contribution in [1.29, 1.82) is 0 Å². The van der Waals surface area contributed by atoms with E-state index in [2.05, 4.69) is 0 Å². The first kappa shape index (κ1) is 19.7. The van der Waals surface area contributed by atoms with E-state index in [1.165, 1.54) is 0 Å². The Morgan fingerprint density at radius 2 is 1.68 bits per heavy atom. The minimum Gasteiger partial charge on any atom is -0.483 e. The van der Waals surface area contributed by atoms with Gasteiger partial charge in [0.25, 0.3) is 0 Å². The maximum atomic E-state index is 9.33. The lowest BCUT2D eigenvalue weighted by atomic mass is 10.1. The average molecular weight is 358 g/mol. The zero-order chi connectivity index (χ0) is 17.9. The molecular weight excluding hydrogens is 332 g/mol. The Bertz CT molecular complexity index is 508. The Morgan fingerprint density at radius 1 is 1.00 bits per heavy atom. The molecule has 0 spiro atoms. The second-order valence-electron chi connectivity index (χ2n) is 5.36. The normalized spacial score (nSPS) is 15.7. The van der Waals surface area contributed by atoms with Crippen LogP contribution in [0.5, 0.6) is 17.2 Å². The lowest BCUT2D eigenvalue weighted by Gasteiger charge is -2.14. The summed E-state index contributed by atoms with van der Waals surface area (Å²) in [6.45, 7) is 2.00. The second kappa shape index (κ2) is 11.1. The smallest absolute Gasteiger partial charge is 0.189 e. The van der Waals surface area contributed by atoms with Gasteiger partial charge in [0.1, 0.15) is 11.9 Å². The molecule has 8 nitrogen and oxygen atoms in total. The fraction of sp³-hybridized carbons (Fsp3) is 0.647. The van der Waals surface area contributed by atoms with Gasteiger partial charge in [0.05, 0.1) is 33.0 Å². The summed E-state index contributed by atoms with van der Waals surface area (Å²) in [5.41, 5.74) is 0.917. The van der Waals surface area contributed by atoms with Crippen molar-refractivity contribution >= 4 is 0 Å². The van der Waals surface area contributed by atoms with Crippen molar-refractivity contribution in [2.24, 2.45) is 0 Å². The van der Waals surface area contributed by atoms with Gasteiger partial charge in [0.15, 0.2) is 25.1 Å². The van der Waals surface area contributed by atoms with Crippen molar-refractivity contribution < 1.29 is 38.3 Å². The third-order valence-electron chi connectivity index (χ3n) is 3.51. The van der Waals surface area contributed by atoms with Crippen molar-refractivity contribution in [2.75, 3.05) is 60.8 Å². The number of methoxy groups -OCH3 is 2. The van der Waals surface area contributed by atoms with Gasteiger partial charge >= 0.3 is 0 Å². The minimum atomic E-state index is -0.278. The summed E-state index contributed by atoms with van der Waals surface area (Å²) in [6.07, 6.45) is 0.314. The molecule has 1 heterocycles. The van der Waals surface area contributed by atoms with Crippen LogP contribution in [0.3, 0.4) is 0 Å². The lowest BCUT2D eigenvalue weighted by Crippen LogP contribution is -2.17. The molecule has 142 valence electrons. The Balaban J connectivity index is 1.95. The summed E-state index contributed by atoms with van der Waals surface area (Å²) in [6, 6.07) is 3.58. The molecular formula is C17H26O8. The number of hydrogen-bond acceptors (Lipinski definition) is 8. The van der Waals surface area contributed by atoms with E-state index in [4.69, 9.17) is 33.2 Å². The van der Waals surface area contributed by atoms with Crippen LogP contribution in [0.15, 0.2) is 12.1 Å². The van der Waals surface area contributed by atoms with Crippen molar-refractivity contribution in [3.63, 3.8) is 0 Å². The SMILES string of the molecule is COCCOCOc1cc2c(c(OCOCCOC)c1)OC(CO)C2. The van der Waals surface area contributed by atoms with Gasteiger partial charge in [-0.3, -0.25) is 0 Å². The van der Waals surface area contributed by atoms with Gasteiger partial charge in [-0.2, -0.15) is 0 Å². The van der Waals surface area contributed by atoms with Crippen LogP contribution >= 0.6 is 0 Å². The molecule has 1 aliphatic heterocycles. The molecule has 25 heavy (non-hydrogen) atoms. The zero-order valence-corrected chi connectivity index (χ0v) is 14.7. The standard InChI is InChI=1S/C17H26O8/c1-19-3-5-21-11-23-14-7-13-8-15(10-18)25-17(13)16(9-14)24-12-22-6-4-20-2/h7,9,15,18H,3-6,8,10-12H2,1-2H3. The number of ether oxygens (including phenoxy) is 7. The van der Waals surface area contributed by atoms with E-state index in [9.17, 15) is 5.11 Å². The van der Waals surface area contributed by atoms with Gasteiger partial charge < -0.3 is 38.3 Å². The number of rotatable bonds is 13. The first-order valence-electron chi connectivity index (χ1n) is 8.11. The molecule has 0 radical (unpaired) electrons. The second-order valence-corrected chi connectivity index (χ2v) is 5.36. The van der Waals surface area contributed by atoms with Crippen LogP contribution in [-0.2, 0) is 25.4 Å². The van der Waals surface area contributed by atoms with E-state index in [0.717, 1.165) is 5.56 Å². The summed E-state index contributed by atoms with van der Waals surface area (Å²) in [5.74, 6) is 1.73. The molecule has 0 fully saturated rings. The van der Waals surface area contributed by atoms with Crippen LogP contribution < -0.4 is 14.2 Å². The minimum absolute atomic E-state index is 0.0607. The van der Waals surface area contributed by atoms with Gasteiger partial charge in [-0.1, -0.05) is 0 Å². The molecule has 0 bridgehead atoms. The van der Waals surface area contributed by atoms with Crippen LogP contribution in [0.2, 0.25) is 0 Å². The van der Waals surface area contributed by atoms with Crippen molar-refractivity contribution in [2.45, 2.75) is 12.5 Å². The summed E-state index contributed by atoms with van der Waals surface area (Å²) in [4.78, 5) is 0. The number of benzene rings is 1. The zero-order valence-electron chi connectivity index (χ0n) is 14.7. The molecule has 0 saturated heterocycles. The molecule has 1 atom stereocenters. The van der Waals surface area contributed by atoms with Crippen LogP contribution in [0.4, 0.5) is 0 Å². The highest BCUT2D eigenvalue weighted by molar-refractivity contribution is 5.54. The summed E-state index contributed by atoms with van der Waals surface area (Å²) in [7, 11) is 3.22. The van der Waals surface area contributed by atoms with Gasteiger partial charge in [0.2, 0.25) is 0 Å². The largest absolute Gasteiger partial charge is 0.483 e. The molecule has 0 saturated carbocycles. The maximum absolute atomic E-state index is 9.33. The maximum Gasteiger partial charge on any atom is 0.189 e. The highest BCUT2D eigenvalue weighted by atomic mass is 16.7. The highest BCUT2D eigenvalue weighted by Crippen LogP contribution is 2.41. The summed E-state index contributed by atoms with van der Waals surface area (Å²) >= 11 is 0. The fourth-order valence-electron chi connectivity index (χ4n) is 2.28. The predicted molar refractivity (Wildman–Crippen MR) is 88.3 cm³/mol. The Kier molecular flexibility index (Phi) is 8.78. The molecule has 1 aromatic carbocycles. The molecule has 0 aliphatic carbocycles. The van der Waals surface area contributed by atoms with E-state index in [1.54, 1.807) is 20.3 Å². The molecule has 0 amide bonds. The Hall–Kier alpha value is -1.58. The highest BCUT2D eigenvalue weighted by Gasteiger charge is 2.27. The molecule has 1 N–H and O–H groups in total. The van der Waals surface area contributed by atoms with Crippen molar-refractivity contribution in [3.05, 3.63) is 17.7 Å². The van der Waals surface area contributed by atoms with E-state index in [0.29, 0.717) is 50.1 Å². The molecule has 2 rings (SSSR count). The molecule has 1 aromatic rings. The van der Waals surface area contributed by atoms with Gasteiger partial charge in [0, 0.05) is 32.3 Å². The fourth-order valence-corrected chi connectivity index (χ4v) is 2.28. The van der Waals surface area contributed by atoms with Gasteiger partial charge in [-0.05, 0) is 6.07 Å². The van der Waals surface area contributed by atoms with Gasteiger partial charge in [-0.15, -0.1) is 0 Å². The molecule has 1 unspecified atom stereocenters. The number of fused-ring (bicyclic) bond motifs is 1. The molecule has 8 heteroatoms. The third kappa shape index (κ3) is 6.33. The van der Waals surface area contributed by atoms with Crippen LogP contribution in [0.25, 0.3) is 0 Å². The number of aliphatic hydroxyl groups is 1. The monoisotopic (exact) mass is 358 g/mol. The van der Waals surface area contributed by atoms with E-state index >= 15 is 0 Å². The van der Waals surface area contributed by atoms with Gasteiger partial charge in [-0.25, -0.2) is 0 Å².